The van der Waals surface area contributed by atoms with Gasteiger partial charge in [-0.15, -0.1) is 0 Å². The summed E-state index contributed by atoms with van der Waals surface area (Å²) in [6.45, 7) is 0. The molecule has 1 aromatic carbocycles. The second-order valence-electron chi connectivity index (χ2n) is 3.99. The molecular weight excluding hydrogens is 384 g/mol. The van der Waals surface area contributed by atoms with Crippen molar-refractivity contribution in [1.29, 1.82) is 0 Å². The monoisotopic (exact) mass is 392 g/mol. The summed E-state index contributed by atoms with van der Waals surface area (Å²) in [5.41, 5.74) is -1.97. The van der Waals surface area contributed by atoms with E-state index >= 15 is 0 Å². The van der Waals surface area contributed by atoms with E-state index in [2.05, 4.69) is 4.98 Å². The van der Waals surface area contributed by atoms with Gasteiger partial charge in [0.25, 0.3) is 0 Å². The van der Waals surface area contributed by atoms with Crippen molar-refractivity contribution in [1.82, 2.24) is 4.98 Å². The first-order valence-corrected chi connectivity index (χ1v) is 9.53. The molecule has 0 aliphatic heterocycles. The van der Waals surface area contributed by atoms with Crippen molar-refractivity contribution in [3.63, 3.8) is 0 Å². The number of aromatic nitrogens is 1. The minimum absolute atomic E-state index is 0. The van der Waals surface area contributed by atoms with Crippen LogP contribution in [-0.2, 0) is 9.13 Å². The summed E-state index contributed by atoms with van der Waals surface area (Å²) in [5.74, 6) is 0. The average Bonchev–Trinajstić information content (AvgIpc) is 2.83. The Morgan fingerprint density at radius 3 is 2.00 bits per heavy atom. The van der Waals surface area contributed by atoms with Crippen molar-refractivity contribution < 1.29 is 87.8 Å². The zero-order valence-corrected chi connectivity index (χ0v) is 18.8. The summed E-state index contributed by atoms with van der Waals surface area (Å²) in [6.07, 6.45) is 1.38. The molecule has 23 heavy (non-hydrogen) atoms. The number of benzene rings is 1. The Kier molecular flexibility index (Phi) is 9.99. The first-order valence-electron chi connectivity index (χ1n) is 5.49. The third kappa shape index (κ3) is 6.99. The quantitative estimate of drug-likeness (QED) is 0.390. The van der Waals surface area contributed by atoms with E-state index < -0.39 is 20.7 Å². The molecule has 2 aromatic rings. The van der Waals surface area contributed by atoms with Crippen LogP contribution in [0.2, 0.25) is 0 Å². The van der Waals surface area contributed by atoms with E-state index in [0.717, 1.165) is 16.9 Å². The van der Waals surface area contributed by atoms with E-state index in [1.165, 1.54) is 6.20 Å². The fourth-order valence-corrected chi connectivity index (χ4v) is 4.49. The summed E-state index contributed by atoms with van der Waals surface area (Å²) in [7, 11) is -11.3. The van der Waals surface area contributed by atoms with Crippen LogP contribution >= 0.6 is 26.5 Å². The van der Waals surface area contributed by atoms with E-state index in [-0.39, 0.29) is 64.2 Å². The van der Waals surface area contributed by atoms with Gasteiger partial charge in [0, 0.05) is 6.20 Å². The van der Waals surface area contributed by atoms with E-state index in [0.29, 0.717) is 4.88 Å². The van der Waals surface area contributed by atoms with Gasteiger partial charge < -0.3 is 34.0 Å². The molecule has 0 spiro atoms. The second kappa shape index (κ2) is 9.59. The first-order chi connectivity index (χ1) is 9.68. The van der Waals surface area contributed by atoms with E-state index in [1.54, 1.807) is 30.3 Å². The largest absolute Gasteiger partial charge is 1.00 e. The maximum Gasteiger partial charge on any atom is 1.00 e. The average molecular weight is 392 g/mol. The van der Waals surface area contributed by atoms with Crippen LogP contribution in [0.5, 0.6) is 0 Å². The van der Waals surface area contributed by atoms with Gasteiger partial charge in [0.15, 0.2) is 5.13 Å². The number of nitrogens with zero attached hydrogens (tertiary/aromatic N) is 1. The van der Waals surface area contributed by atoms with Crippen molar-refractivity contribution in [2.45, 2.75) is 5.52 Å². The molecule has 0 saturated heterocycles. The molecule has 8 nitrogen and oxygen atoms in total. The fraction of sp³-hybridized carbons (Fsp3) is 0.100. The van der Waals surface area contributed by atoms with Crippen LogP contribution in [-0.4, -0.2) is 10.5 Å². The van der Waals surface area contributed by atoms with Gasteiger partial charge >= 0.3 is 59.1 Å². The zero-order valence-electron chi connectivity index (χ0n) is 12.2. The fourth-order valence-electron chi connectivity index (χ4n) is 1.52. The molecule has 1 heterocycles. The van der Waals surface area contributed by atoms with Crippen LogP contribution < -0.4 is 84.0 Å². The van der Waals surface area contributed by atoms with Gasteiger partial charge in [0.05, 0.1) is 10.4 Å². The van der Waals surface area contributed by atoms with Gasteiger partial charge in [0.1, 0.15) is 0 Å². The molecule has 1 N–H and O–H groups in total. The standard InChI is InChI=1S/C10H12N2O6P2S.2Na/c13-19(14,15)10(20(16,17)18)12-9-11-6-8(21-9)7-4-2-1-3-5-7;;/h1-6,10H,(H,11,12)(H2,13,14,15)(H2,16,17,18);;/q;2*+1/p-4. The minimum Gasteiger partial charge on any atom is -0.809 e. The molecule has 0 amide bonds. The summed E-state index contributed by atoms with van der Waals surface area (Å²) in [5, 5.41) is 1.74. The normalized spacial score (nSPS) is 11.5. The number of nitrogens with one attached hydrogen (secondary N) is 1. The van der Waals surface area contributed by atoms with Crippen LogP contribution in [0.1, 0.15) is 0 Å². The molecule has 2 rings (SSSR count). The number of anilines is 1. The van der Waals surface area contributed by atoms with Crippen molar-refractivity contribution >= 4 is 31.7 Å². The number of hydrogen-bond acceptors (Lipinski definition) is 9. The Hall–Kier alpha value is 0.950. The second-order valence-corrected chi connectivity index (χ2v) is 8.62. The molecule has 0 radical (unpaired) electrons. The molecule has 0 aliphatic carbocycles. The molecule has 1 aromatic heterocycles. The van der Waals surface area contributed by atoms with Crippen LogP contribution in [0, 0.1) is 0 Å². The van der Waals surface area contributed by atoms with E-state index in [9.17, 15) is 28.7 Å². The topological polar surface area (TPSA) is 151 Å². The van der Waals surface area contributed by atoms with Crippen LogP contribution in [0.4, 0.5) is 5.13 Å². The van der Waals surface area contributed by atoms with Crippen molar-refractivity contribution in [3.05, 3.63) is 36.5 Å². The molecule has 114 valence electrons. The maximum atomic E-state index is 10.9. The number of rotatable bonds is 5. The summed E-state index contributed by atoms with van der Waals surface area (Å²) in [4.78, 5) is 47.9. The molecule has 0 saturated carbocycles. The van der Waals surface area contributed by atoms with Gasteiger partial charge in [-0.2, -0.15) is 0 Å². The first kappa shape index (κ1) is 23.9. The van der Waals surface area contributed by atoms with Gasteiger partial charge in [-0.25, -0.2) is 4.98 Å². The Morgan fingerprint density at radius 2 is 1.52 bits per heavy atom. The van der Waals surface area contributed by atoms with Crippen molar-refractivity contribution in [2.24, 2.45) is 0 Å². The Labute approximate surface area is 180 Å². The van der Waals surface area contributed by atoms with Crippen molar-refractivity contribution in [2.75, 3.05) is 5.32 Å². The van der Waals surface area contributed by atoms with E-state index in [1.807, 2.05) is 5.32 Å². The van der Waals surface area contributed by atoms with Gasteiger partial charge in [-0.3, -0.25) is 0 Å². The van der Waals surface area contributed by atoms with Gasteiger partial charge in [-0.05, 0) is 20.8 Å². The molecule has 0 aliphatic rings. The number of hydrogen-bond donors (Lipinski definition) is 1. The SMILES string of the molecule is O=P([O-])([O-])C(Nc1ncc(-c2ccccc2)s1)P(=O)([O-])[O-].[Na+].[Na+]. The number of thiazole rings is 1. The third-order valence-corrected chi connectivity index (χ3v) is 6.55. The predicted molar refractivity (Wildman–Crippen MR) is 70.2 cm³/mol. The van der Waals surface area contributed by atoms with Gasteiger partial charge in [0.2, 0.25) is 0 Å². The van der Waals surface area contributed by atoms with Crippen LogP contribution in [0.25, 0.3) is 10.4 Å². The van der Waals surface area contributed by atoms with E-state index in [4.69, 9.17) is 0 Å². The molecule has 13 heteroatoms. The third-order valence-electron chi connectivity index (χ3n) is 2.42. The molecule has 0 atom stereocenters. The summed E-state index contributed by atoms with van der Waals surface area (Å²) in [6, 6.07) is 8.89. The molecule has 0 bridgehead atoms. The maximum absolute atomic E-state index is 10.9. The van der Waals surface area contributed by atoms with Crippen LogP contribution in [0.3, 0.4) is 0 Å². The smallest absolute Gasteiger partial charge is 0.809 e. The molecule has 0 unspecified atom stereocenters. The summed E-state index contributed by atoms with van der Waals surface area (Å²) >= 11 is 0.927. The molecular formula is C10H8N2Na2O6P2S-2. The van der Waals surface area contributed by atoms with Crippen LogP contribution in [0.15, 0.2) is 36.5 Å². The Morgan fingerprint density at radius 1 is 1.00 bits per heavy atom. The predicted octanol–water partition coefficient (Wildman–Crippen LogP) is -6.66. The summed E-state index contributed by atoms with van der Waals surface area (Å²) < 4.78 is 21.7. The Bertz CT molecular complexity index is 697. The zero-order chi connectivity index (χ0) is 15.7. The minimum atomic E-state index is -5.66. The Balaban J connectivity index is 0.00000242. The molecule has 0 fully saturated rings. The van der Waals surface area contributed by atoms with Gasteiger partial charge in [-0.1, -0.05) is 41.7 Å². The van der Waals surface area contributed by atoms with Crippen molar-refractivity contribution in [3.8, 4) is 10.4 Å².